The number of nitriles is 1. The van der Waals surface area contributed by atoms with Crippen LogP contribution in [0.3, 0.4) is 0 Å². The number of aliphatic hydroxyl groups is 1. The molecule has 0 bridgehead atoms. The minimum atomic E-state index is -2.01. The number of nitrogens with two attached hydrogens (primary N) is 2. The van der Waals surface area contributed by atoms with Gasteiger partial charge in [-0.15, -0.1) is 0 Å². The molecule has 103 heavy (non-hydrogen) atoms. The lowest BCUT2D eigenvalue weighted by atomic mass is 9.87. The van der Waals surface area contributed by atoms with Crippen molar-refractivity contribution in [3.63, 3.8) is 0 Å². The summed E-state index contributed by atoms with van der Waals surface area (Å²) < 4.78 is 16.1. The Morgan fingerprint density at radius 2 is 1.16 bits per heavy atom. The molecule has 1 saturated heterocycles. The highest BCUT2D eigenvalue weighted by Crippen LogP contribution is 2.23. The summed E-state index contributed by atoms with van der Waals surface area (Å²) in [5, 5.41) is 42.8. The van der Waals surface area contributed by atoms with E-state index in [9.17, 15) is 77.5 Å². The topological polar surface area (TPSA) is 487 Å². The number of esters is 1. The lowest BCUT2D eigenvalue weighted by Crippen LogP contribution is -2.59. The van der Waals surface area contributed by atoms with E-state index in [4.69, 9.17) is 30.5 Å². The number of ketones is 1. The number of rotatable bonds is 40. The minimum absolute atomic E-state index is 0.00771. The van der Waals surface area contributed by atoms with Crippen molar-refractivity contribution in [2.45, 2.75) is 167 Å². The Labute approximate surface area is 597 Å². The minimum Gasteiger partial charge on any atom is -0.457 e. The number of amides is 11. The van der Waals surface area contributed by atoms with Gasteiger partial charge in [-0.25, -0.2) is 9.59 Å². The van der Waals surface area contributed by atoms with Crippen molar-refractivity contribution >= 4 is 88.4 Å². The fraction of sp³-hybridized carbons (Fsp3) is 0.514. The molecule has 0 saturated carbocycles. The molecule has 13 N–H and O–H groups in total. The van der Waals surface area contributed by atoms with E-state index in [1.54, 1.807) is 114 Å². The highest BCUT2D eigenvalue weighted by Gasteiger charge is 2.39. The van der Waals surface area contributed by atoms with Crippen LogP contribution in [-0.2, 0) is 105 Å². The van der Waals surface area contributed by atoms with Gasteiger partial charge >= 0.3 is 11.9 Å². The van der Waals surface area contributed by atoms with Crippen LogP contribution in [0, 0.1) is 29.1 Å². The van der Waals surface area contributed by atoms with Gasteiger partial charge in [0.05, 0.1) is 44.8 Å². The number of nitrogens with one attached hydrogen (secondary N) is 8. The zero-order chi connectivity index (χ0) is 76.8. The first-order valence-corrected chi connectivity index (χ1v) is 33.4. The summed E-state index contributed by atoms with van der Waals surface area (Å²) in [5.74, 6) is -16.1. The van der Waals surface area contributed by atoms with E-state index in [0.29, 0.717) is 11.1 Å². The Bertz CT molecular complexity index is 3540. The number of nitrogens with zero attached hydrogens (tertiary/aromatic N) is 4. The SMILES string of the molecule is CC(C)C[C@H](NC(=O)CNC(=O)[C@H](Cc1ccccc1)N(C)C(=O)[C@H](C)NC(=O)[C@@H](N)Cc1ccccc1)C(=O)N[C@@H](C)C(=O)C[C@H](C(=O)N[C@@H](Cc1ccccc1)C(=O)N[C@@H](CC(=O)O/N=C(\C#N)C(=O)OC[C@@H]1COC(C)(C)O1)C(=O)N(C)[C@@H](C)C(=O)N[C@@H](CO)C(=O)NCC(N)=O)C(C)C. The van der Waals surface area contributed by atoms with Gasteiger partial charge in [-0.05, 0) is 76.0 Å². The van der Waals surface area contributed by atoms with Crippen LogP contribution in [0.1, 0.15) is 98.3 Å². The summed E-state index contributed by atoms with van der Waals surface area (Å²) >= 11 is 0. The molecule has 1 heterocycles. The summed E-state index contributed by atoms with van der Waals surface area (Å²) in [7, 11) is 2.47. The molecule has 560 valence electrons. The number of hydrogen-bond acceptors (Lipinski definition) is 22. The van der Waals surface area contributed by atoms with Gasteiger partial charge in [0.1, 0.15) is 61.1 Å². The predicted octanol–water partition coefficient (Wildman–Crippen LogP) is -1.84. The van der Waals surface area contributed by atoms with E-state index in [-0.39, 0.29) is 44.8 Å². The molecule has 4 rings (SSSR count). The van der Waals surface area contributed by atoms with Crippen LogP contribution in [0.25, 0.3) is 0 Å². The summed E-state index contributed by atoms with van der Waals surface area (Å²) in [4.78, 5) is 197. The van der Waals surface area contributed by atoms with Crippen molar-refractivity contribution in [2.75, 3.05) is 47.0 Å². The second kappa shape index (κ2) is 41.4. The van der Waals surface area contributed by atoms with Gasteiger partial charge in [0.25, 0.3) is 5.71 Å². The summed E-state index contributed by atoms with van der Waals surface area (Å²) in [6, 6.07) is 14.8. The van der Waals surface area contributed by atoms with Crippen molar-refractivity contribution < 1.29 is 91.3 Å². The smallest absolute Gasteiger partial charge is 0.371 e. The Hall–Kier alpha value is -10.6. The molecule has 0 aliphatic carbocycles. The predicted molar refractivity (Wildman–Crippen MR) is 369 cm³/mol. The molecule has 1 aliphatic heterocycles. The molecule has 11 atom stereocenters. The normalized spacial score (nSPS) is 16.1. The molecule has 33 heteroatoms. The molecule has 1 fully saturated rings. The summed E-state index contributed by atoms with van der Waals surface area (Å²) in [6.45, 7) is 11.4. The molecule has 0 unspecified atom stereocenters. The number of primary amides is 1. The van der Waals surface area contributed by atoms with Crippen molar-refractivity contribution in [1.29, 1.82) is 5.26 Å². The van der Waals surface area contributed by atoms with Gasteiger partial charge in [-0.1, -0.05) is 124 Å². The van der Waals surface area contributed by atoms with Gasteiger partial charge in [0.15, 0.2) is 11.6 Å². The van der Waals surface area contributed by atoms with Crippen LogP contribution < -0.4 is 54.0 Å². The van der Waals surface area contributed by atoms with Crippen LogP contribution in [0.4, 0.5) is 0 Å². The van der Waals surface area contributed by atoms with Crippen LogP contribution in [-0.4, -0.2) is 217 Å². The average Bonchev–Trinajstić information content (AvgIpc) is 1.26. The van der Waals surface area contributed by atoms with Crippen molar-refractivity contribution in [3.05, 3.63) is 108 Å². The number of Topliss-reactive ketones (excluding diaryl/α,β-unsaturated/α-hetero) is 1. The standard InChI is InChI=1S/C70H96N14O19/c1-39(2)27-50(78-58(88)35-75-66(96)55(30-46-25-19-14-20-26-46)84(11)67(97)42(6)77-62(92)49(72)28-44-21-15-12-16-22-44)64(94)76-41(5)56(86)31-48(40(3)4)61(91)79-51(29-45-23-17-13-18-24-45)65(95)80-52(68(98)83(10)43(7)60(90)81-54(36-85)63(93)74-34-57(73)87)32-59(89)103-82-53(33-71)69(99)100-37-47-38-101-70(8,9)102-47/h12-26,39-43,47-52,54-55,85H,27-32,34-38,72H2,1-11H3,(H2,73,87)(H,74,93)(H,75,96)(H,76,94)(H,77,92)(H,78,88)(H,79,91)(H,80,95)(H,81,90)/b82-53+/t41-,42-,43-,47+,48-,49-,50-,51-,52-,54-,55-/m0/s1. The third-order valence-corrected chi connectivity index (χ3v) is 16.4. The third kappa shape index (κ3) is 28.4. The molecule has 0 aromatic heterocycles. The van der Waals surface area contributed by atoms with E-state index in [2.05, 4.69) is 47.7 Å². The van der Waals surface area contributed by atoms with Crippen molar-refractivity contribution in [3.8, 4) is 6.07 Å². The van der Waals surface area contributed by atoms with Gasteiger partial charge in [-0.3, -0.25) is 57.5 Å². The van der Waals surface area contributed by atoms with Crippen molar-refractivity contribution in [2.24, 2.45) is 34.4 Å². The van der Waals surface area contributed by atoms with Crippen LogP contribution in [0.2, 0.25) is 0 Å². The van der Waals surface area contributed by atoms with E-state index in [0.717, 1.165) is 22.4 Å². The number of hydrogen-bond donors (Lipinski definition) is 11. The molecule has 11 amide bonds. The highest BCUT2D eigenvalue weighted by molar-refractivity contribution is 6.43. The van der Waals surface area contributed by atoms with Crippen LogP contribution in [0.15, 0.2) is 96.2 Å². The number of aliphatic hydroxyl groups excluding tert-OH is 1. The number of ether oxygens (including phenoxy) is 3. The Morgan fingerprint density at radius 1 is 0.621 bits per heavy atom. The Morgan fingerprint density at radius 3 is 1.69 bits per heavy atom. The first kappa shape index (κ1) is 84.9. The molecule has 3 aromatic rings. The van der Waals surface area contributed by atoms with Crippen LogP contribution >= 0.6 is 0 Å². The fourth-order valence-corrected chi connectivity index (χ4v) is 10.4. The quantitative estimate of drug-likeness (QED) is 0.0129. The zero-order valence-electron chi connectivity index (χ0n) is 59.7. The Kier molecular flexibility index (Phi) is 34.1. The summed E-state index contributed by atoms with van der Waals surface area (Å²) in [6.07, 6.45) is -2.37. The lowest BCUT2D eigenvalue weighted by Gasteiger charge is -2.30. The highest BCUT2D eigenvalue weighted by atomic mass is 16.7. The van der Waals surface area contributed by atoms with E-state index >= 15 is 0 Å². The molecular formula is C70H96N14O19. The third-order valence-electron chi connectivity index (χ3n) is 16.4. The van der Waals surface area contributed by atoms with Gasteiger partial charge < -0.3 is 88.0 Å². The van der Waals surface area contributed by atoms with Gasteiger partial charge in [-0.2, -0.15) is 5.26 Å². The number of carbonyl (C=O) groups is 14. The number of carbonyl (C=O) groups excluding carboxylic acids is 14. The second-order valence-corrected chi connectivity index (χ2v) is 26.0. The molecule has 0 radical (unpaired) electrons. The first-order chi connectivity index (χ1) is 48.5. The molecule has 33 nitrogen and oxygen atoms in total. The Balaban J connectivity index is 1.52. The maximum atomic E-state index is 14.7. The fourth-order valence-electron chi connectivity index (χ4n) is 10.4. The maximum Gasteiger partial charge on any atom is 0.371 e. The molecule has 3 aromatic carbocycles. The van der Waals surface area contributed by atoms with Crippen LogP contribution in [0.5, 0.6) is 0 Å². The maximum absolute atomic E-state index is 14.7. The van der Waals surface area contributed by atoms with E-state index in [1.165, 1.54) is 33.9 Å². The number of likely N-dealkylation sites (N-methyl/N-ethyl adjacent to an activating group) is 2. The van der Waals surface area contributed by atoms with E-state index < -0.39 is 199 Å². The number of benzene rings is 3. The monoisotopic (exact) mass is 1440 g/mol. The first-order valence-electron chi connectivity index (χ1n) is 33.4. The number of oxime groups is 1. The van der Waals surface area contributed by atoms with Gasteiger partial charge in [0.2, 0.25) is 65.0 Å². The molecule has 0 spiro atoms. The average molecular weight is 1440 g/mol. The second-order valence-electron chi connectivity index (χ2n) is 26.0. The van der Waals surface area contributed by atoms with E-state index in [1.807, 2.05) is 18.2 Å². The molecular weight excluding hydrogens is 1340 g/mol. The zero-order valence-corrected chi connectivity index (χ0v) is 59.7. The molecule has 1 aliphatic rings. The van der Waals surface area contributed by atoms with Crippen molar-refractivity contribution in [1.82, 2.24) is 52.3 Å². The summed E-state index contributed by atoms with van der Waals surface area (Å²) in [5.41, 5.74) is 12.2. The van der Waals surface area contributed by atoms with Gasteiger partial charge in [0, 0.05) is 39.3 Å². The largest absolute Gasteiger partial charge is 0.457 e. The lowest BCUT2D eigenvalue weighted by molar-refractivity contribution is -0.154.